The van der Waals surface area contributed by atoms with Gasteiger partial charge in [-0.25, -0.2) is 4.98 Å². The van der Waals surface area contributed by atoms with Gasteiger partial charge in [-0.2, -0.15) is 0 Å². The Bertz CT molecular complexity index is 613. The summed E-state index contributed by atoms with van der Waals surface area (Å²) >= 11 is 0. The van der Waals surface area contributed by atoms with Crippen LogP contribution < -0.4 is 15.2 Å². The molecule has 1 aromatic carbocycles. The second-order valence-corrected chi connectivity index (χ2v) is 5.12. The smallest absolute Gasteiger partial charge is 0.164 e. The molecule has 1 aliphatic heterocycles. The van der Waals surface area contributed by atoms with Crippen molar-refractivity contribution >= 4 is 5.82 Å². The van der Waals surface area contributed by atoms with E-state index < -0.39 is 0 Å². The molecule has 1 aromatic heterocycles. The van der Waals surface area contributed by atoms with Gasteiger partial charge in [0.1, 0.15) is 5.82 Å². The molecule has 20 heavy (non-hydrogen) atoms. The Morgan fingerprint density at radius 3 is 3.10 bits per heavy atom. The first-order valence-corrected chi connectivity index (χ1v) is 6.75. The van der Waals surface area contributed by atoms with Crippen molar-refractivity contribution in [1.29, 1.82) is 0 Å². The van der Waals surface area contributed by atoms with Crippen molar-refractivity contribution < 1.29 is 9.47 Å². The van der Waals surface area contributed by atoms with Crippen molar-refractivity contribution in [1.82, 2.24) is 4.98 Å². The molecule has 2 N–H and O–H groups in total. The van der Waals surface area contributed by atoms with Gasteiger partial charge in [0.25, 0.3) is 0 Å². The van der Waals surface area contributed by atoms with E-state index in [4.69, 9.17) is 15.2 Å². The number of methoxy groups -OCH3 is 1. The monoisotopic (exact) mass is 270 g/mol. The van der Waals surface area contributed by atoms with Crippen LogP contribution in [0.15, 0.2) is 36.5 Å². The maximum atomic E-state index is 5.89. The van der Waals surface area contributed by atoms with Crippen LogP contribution in [0, 0.1) is 5.92 Å². The number of hydrogen-bond donors (Lipinski definition) is 1. The van der Waals surface area contributed by atoms with Crippen LogP contribution in [0.2, 0.25) is 0 Å². The van der Waals surface area contributed by atoms with Crippen molar-refractivity contribution in [2.24, 2.45) is 5.92 Å². The Morgan fingerprint density at radius 1 is 1.40 bits per heavy atom. The minimum Gasteiger partial charge on any atom is -0.493 e. The van der Waals surface area contributed by atoms with Crippen molar-refractivity contribution in [3.63, 3.8) is 0 Å². The Labute approximate surface area is 118 Å². The third kappa shape index (κ3) is 2.54. The van der Waals surface area contributed by atoms with E-state index in [1.165, 1.54) is 11.1 Å². The first-order valence-electron chi connectivity index (χ1n) is 6.75. The highest BCUT2D eigenvalue weighted by Crippen LogP contribution is 2.36. The summed E-state index contributed by atoms with van der Waals surface area (Å²) in [5.41, 5.74) is 8.14. The van der Waals surface area contributed by atoms with Gasteiger partial charge in [0.2, 0.25) is 0 Å². The van der Waals surface area contributed by atoms with E-state index in [0.29, 0.717) is 18.3 Å². The number of nitrogens with two attached hydrogens (primary N) is 1. The SMILES string of the molecule is COc1cccc2c1OC[C@@H](Cc1ccnc(N)c1)C2. The molecule has 0 saturated carbocycles. The minimum absolute atomic E-state index is 0.455. The number of nitrogen functional groups attached to an aromatic ring is 1. The molecule has 0 aliphatic carbocycles. The molecule has 1 aliphatic rings. The van der Waals surface area contributed by atoms with Crippen LogP contribution in [-0.2, 0) is 12.8 Å². The molecule has 3 rings (SSSR count). The maximum absolute atomic E-state index is 5.89. The molecule has 0 fully saturated rings. The Morgan fingerprint density at radius 2 is 2.30 bits per heavy atom. The topological polar surface area (TPSA) is 57.4 Å². The first kappa shape index (κ1) is 12.8. The average Bonchev–Trinajstić information content (AvgIpc) is 2.46. The van der Waals surface area contributed by atoms with Crippen molar-refractivity contribution in [2.75, 3.05) is 19.5 Å². The zero-order chi connectivity index (χ0) is 13.9. The van der Waals surface area contributed by atoms with E-state index in [1.807, 2.05) is 24.3 Å². The molecule has 4 nitrogen and oxygen atoms in total. The molecule has 2 aromatic rings. The largest absolute Gasteiger partial charge is 0.493 e. The predicted molar refractivity (Wildman–Crippen MR) is 78.0 cm³/mol. The average molecular weight is 270 g/mol. The zero-order valence-corrected chi connectivity index (χ0v) is 11.5. The standard InChI is InChI=1S/C16H18N2O2/c1-19-14-4-2-3-13-8-12(10-20-16(13)14)7-11-5-6-18-15(17)9-11/h2-6,9,12H,7-8,10H2,1H3,(H2,17,18)/t12-/m0/s1. The molecule has 0 radical (unpaired) electrons. The zero-order valence-electron chi connectivity index (χ0n) is 11.5. The molecule has 0 unspecified atom stereocenters. The van der Waals surface area contributed by atoms with E-state index in [0.717, 1.165) is 24.3 Å². The molecular weight excluding hydrogens is 252 g/mol. The lowest BCUT2D eigenvalue weighted by molar-refractivity contribution is 0.211. The normalized spacial score (nSPS) is 17.1. The molecule has 1 atom stereocenters. The number of nitrogens with zero attached hydrogens (tertiary/aromatic N) is 1. The lowest BCUT2D eigenvalue weighted by Gasteiger charge is -2.26. The maximum Gasteiger partial charge on any atom is 0.164 e. The van der Waals surface area contributed by atoms with Gasteiger partial charge in [0, 0.05) is 12.1 Å². The minimum atomic E-state index is 0.455. The molecule has 4 heteroatoms. The summed E-state index contributed by atoms with van der Waals surface area (Å²) in [6.07, 6.45) is 3.70. The summed E-state index contributed by atoms with van der Waals surface area (Å²) in [6.45, 7) is 0.704. The van der Waals surface area contributed by atoms with Crippen molar-refractivity contribution in [2.45, 2.75) is 12.8 Å². The number of anilines is 1. The highest BCUT2D eigenvalue weighted by molar-refractivity contribution is 5.48. The quantitative estimate of drug-likeness (QED) is 0.930. The predicted octanol–water partition coefficient (Wildman–Crippen LogP) is 2.47. The Balaban J connectivity index is 1.76. The van der Waals surface area contributed by atoms with Crippen molar-refractivity contribution in [3.8, 4) is 11.5 Å². The van der Waals surface area contributed by atoms with Gasteiger partial charge in [0.05, 0.1) is 13.7 Å². The number of fused-ring (bicyclic) bond motifs is 1. The molecular formula is C16H18N2O2. The number of rotatable bonds is 3. The summed E-state index contributed by atoms with van der Waals surface area (Å²) in [4.78, 5) is 4.02. The third-order valence-corrected chi connectivity index (χ3v) is 3.62. The number of hydrogen-bond acceptors (Lipinski definition) is 4. The summed E-state index contributed by atoms with van der Waals surface area (Å²) in [7, 11) is 1.67. The lowest BCUT2D eigenvalue weighted by atomic mass is 9.91. The lowest BCUT2D eigenvalue weighted by Crippen LogP contribution is -2.23. The fourth-order valence-electron chi connectivity index (χ4n) is 2.70. The number of ether oxygens (including phenoxy) is 2. The summed E-state index contributed by atoms with van der Waals surface area (Å²) < 4.78 is 11.2. The fourth-order valence-corrected chi connectivity index (χ4v) is 2.70. The number of benzene rings is 1. The molecule has 2 heterocycles. The summed E-state index contributed by atoms with van der Waals surface area (Å²) in [5.74, 6) is 2.73. The van der Waals surface area contributed by atoms with Crippen LogP contribution in [0.4, 0.5) is 5.82 Å². The van der Waals surface area contributed by atoms with Crippen LogP contribution in [0.1, 0.15) is 11.1 Å². The molecule has 0 spiro atoms. The number of aromatic nitrogens is 1. The van der Waals surface area contributed by atoms with Gasteiger partial charge in [-0.1, -0.05) is 12.1 Å². The third-order valence-electron chi connectivity index (χ3n) is 3.62. The van der Waals surface area contributed by atoms with E-state index in [-0.39, 0.29) is 0 Å². The highest BCUT2D eigenvalue weighted by Gasteiger charge is 2.22. The van der Waals surface area contributed by atoms with Crippen LogP contribution in [0.3, 0.4) is 0 Å². The molecule has 104 valence electrons. The van der Waals surface area contributed by atoms with Gasteiger partial charge in [-0.3, -0.25) is 0 Å². The van der Waals surface area contributed by atoms with E-state index >= 15 is 0 Å². The van der Waals surface area contributed by atoms with Crippen LogP contribution >= 0.6 is 0 Å². The van der Waals surface area contributed by atoms with Crippen molar-refractivity contribution in [3.05, 3.63) is 47.7 Å². The van der Waals surface area contributed by atoms with Gasteiger partial charge in [-0.15, -0.1) is 0 Å². The second kappa shape index (κ2) is 5.41. The Kier molecular flexibility index (Phi) is 3.46. The molecule has 0 saturated heterocycles. The van der Waals surface area contributed by atoms with Gasteiger partial charge >= 0.3 is 0 Å². The first-order chi connectivity index (χ1) is 9.76. The van der Waals surface area contributed by atoms with Crippen LogP contribution in [0.25, 0.3) is 0 Å². The van der Waals surface area contributed by atoms with Crippen LogP contribution in [-0.4, -0.2) is 18.7 Å². The number of para-hydroxylation sites is 1. The van der Waals surface area contributed by atoms with Gasteiger partial charge in [0.15, 0.2) is 11.5 Å². The fraction of sp³-hybridized carbons (Fsp3) is 0.312. The van der Waals surface area contributed by atoms with Crippen LogP contribution in [0.5, 0.6) is 11.5 Å². The van der Waals surface area contributed by atoms with E-state index in [1.54, 1.807) is 13.3 Å². The number of pyridine rings is 1. The van der Waals surface area contributed by atoms with E-state index in [2.05, 4.69) is 11.1 Å². The summed E-state index contributed by atoms with van der Waals surface area (Å²) in [6, 6.07) is 9.99. The molecule has 0 amide bonds. The highest BCUT2D eigenvalue weighted by atomic mass is 16.5. The van der Waals surface area contributed by atoms with E-state index in [9.17, 15) is 0 Å². The van der Waals surface area contributed by atoms with Gasteiger partial charge in [-0.05, 0) is 42.2 Å². The second-order valence-electron chi connectivity index (χ2n) is 5.12. The summed E-state index contributed by atoms with van der Waals surface area (Å²) in [5, 5.41) is 0. The Hall–Kier alpha value is -2.23. The van der Waals surface area contributed by atoms with Gasteiger partial charge < -0.3 is 15.2 Å². The molecule has 0 bridgehead atoms.